The van der Waals surface area contributed by atoms with Gasteiger partial charge >= 0.3 is 6.18 Å². The fourth-order valence-corrected chi connectivity index (χ4v) is 4.45. The highest BCUT2D eigenvalue weighted by Crippen LogP contribution is 2.40. The Morgan fingerprint density at radius 3 is 2.56 bits per heavy atom. The van der Waals surface area contributed by atoms with E-state index >= 15 is 0 Å². The van der Waals surface area contributed by atoms with Crippen molar-refractivity contribution in [2.45, 2.75) is 45.4 Å². The first-order chi connectivity index (χ1) is 16.2. The molecule has 5 rings (SSSR count). The molecule has 11 heteroatoms. The Kier molecular flexibility index (Phi) is 5.75. The Bertz CT molecular complexity index is 1250. The highest BCUT2D eigenvalue weighted by Gasteiger charge is 2.40. The average Bonchev–Trinajstić information content (AvgIpc) is 3.25. The molecule has 8 nitrogen and oxygen atoms in total. The van der Waals surface area contributed by atoms with Crippen LogP contribution < -0.4 is 4.90 Å². The summed E-state index contributed by atoms with van der Waals surface area (Å²) in [6.07, 6.45) is 1.24. The van der Waals surface area contributed by atoms with Crippen molar-refractivity contribution in [3.63, 3.8) is 0 Å². The molecule has 4 heterocycles. The summed E-state index contributed by atoms with van der Waals surface area (Å²) in [4.78, 5) is 20.9. The van der Waals surface area contributed by atoms with Crippen molar-refractivity contribution in [3.05, 3.63) is 41.1 Å². The second-order valence-electron chi connectivity index (χ2n) is 8.93. The smallest absolute Gasteiger partial charge is 0.370 e. The van der Waals surface area contributed by atoms with Crippen LogP contribution in [-0.4, -0.2) is 55.6 Å². The number of nitrogens with zero attached hydrogens (tertiary/aromatic N) is 7. The Labute approximate surface area is 194 Å². The van der Waals surface area contributed by atoms with Crippen LogP contribution in [0.2, 0.25) is 0 Å². The molecule has 1 aliphatic heterocycles. The predicted octanol–water partition coefficient (Wildman–Crippen LogP) is 4.09. The summed E-state index contributed by atoms with van der Waals surface area (Å²) in [5, 5.41) is 4.23. The summed E-state index contributed by atoms with van der Waals surface area (Å²) in [5.74, 6) is -0.838. The van der Waals surface area contributed by atoms with Crippen molar-refractivity contribution in [1.29, 1.82) is 0 Å². The maximum absolute atomic E-state index is 13.2. The summed E-state index contributed by atoms with van der Waals surface area (Å²) in [7, 11) is 1.85. The van der Waals surface area contributed by atoms with Crippen LogP contribution in [0.5, 0.6) is 0 Å². The highest BCUT2D eigenvalue weighted by atomic mass is 19.4. The number of hydrogen-bond acceptors (Lipinski definition) is 7. The molecule has 0 amide bonds. The maximum Gasteiger partial charge on any atom is 0.392 e. The Balaban J connectivity index is 1.53. The van der Waals surface area contributed by atoms with Crippen molar-refractivity contribution < 1.29 is 17.9 Å². The van der Waals surface area contributed by atoms with E-state index in [2.05, 4.69) is 15.1 Å². The largest absolute Gasteiger partial charge is 0.392 e. The number of halogens is 3. The number of aryl methyl sites for hydroxylation is 3. The average molecular weight is 474 g/mol. The molecule has 34 heavy (non-hydrogen) atoms. The number of rotatable bonds is 3. The van der Waals surface area contributed by atoms with E-state index in [4.69, 9.17) is 14.7 Å². The Hall–Kier alpha value is -3.08. The van der Waals surface area contributed by atoms with Crippen LogP contribution in [-0.2, 0) is 11.8 Å². The quantitative estimate of drug-likeness (QED) is 0.567. The van der Waals surface area contributed by atoms with Gasteiger partial charge in [-0.2, -0.15) is 23.3 Å². The van der Waals surface area contributed by atoms with Crippen LogP contribution in [0.3, 0.4) is 0 Å². The van der Waals surface area contributed by atoms with Gasteiger partial charge in [0.15, 0.2) is 5.65 Å². The van der Waals surface area contributed by atoms with Gasteiger partial charge in [-0.15, -0.1) is 0 Å². The fourth-order valence-electron chi connectivity index (χ4n) is 4.45. The molecule has 0 N–H and O–H groups in total. The lowest BCUT2D eigenvalue weighted by molar-refractivity contribution is -0.175. The summed E-state index contributed by atoms with van der Waals surface area (Å²) >= 11 is 0. The molecular formula is C23H26F3N7O. The Morgan fingerprint density at radius 1 is 1.09 bits per heavy atom. The molecule has 1 fully saturated rings. The van der Waals surface area contributed by atoms with E-state index in [-0.39, 0.29) is 25.4 Å². The first-order valence-electron chi connectivity index (χ1n) is 11.3. The first-order valence-corrected chi connectivity index (χ1v) is 11.3. The topological polar surface area (TPSA) is 81.9 Å². The normalized spacial score (nSPS) is 21.7. The minimum atomic E-state index is -4.19. The highest BCUT2D eigenvalue weighted by molar-refractivity contribution is 5.86. The van der Waals surface area contributed by atoms with Crippen molar-refractivity contribution >= 4 is 22.7 Å². The van der Waals surface area contributed by atoms with Crippen molar-refractivity contribution in [2.24, 2.45) is 13.0 Å². The molecular weight excluding hydrogens is 447 g/mol. The van der Waals surface area contributed by atoms with E-state index in [1.807, 2.05) is 32.0 Å². The maximum atomic E-state index is 13.2. The second-order valence-corrected chi connectivity index (χ2v) is 8.93. The molecule has 1 saturated heterocycles. The molecule has 0 bridgehead atoms. The number of allylic oxidation sites excluding steroid dienone is 2. The van der Waals surface area contributed by atoms with Crippen molar-refractivity contribution in [2.75, 3.05) is 24.6 Å². The SMILES string of the molecule is Cc1nc2nc(N3CCO[C@H](c4cnn(C)c4)C3)nc(C3=CCC(C(F)(F)F)CC3)c2nc1C. The number of aromatic nitrogens is 6. The number of fused-ring (bicyclic) bond motifs is 1. The zero-order valence-electron chi connectivity index (χ0n) is 19.3. The van der Waals surface area contributed by atoms with Gasteiger partial charge in [0.25, 0.3) is 0 Å². The zero-order chi connectivity index (χ0) is 24.0. The van der Waals surface area contributed by atoms with Gasteiger partial charge in [0.2, 0.25) is 5.95 Å². The zero-order valence-corrected chi connectivity index (χ0v) is 19.3. The van der Waals surface area contributed by atoms with Gasteiger partial charge in [0, 0.05) is 25.4 Å². The van der Waals surface area contributed by atoms with Gasteiger partial charge in [-0.25, -0.2) is 15.0 Å². The molecule has 180 valence electrons. The molecule has 2 atom stereocenters. The minimum Gasteiger partial charge on any atom is -0.370 e. The van der Waals surface area contributed by atoms with Crippen LogP contribution in [0.25, 0.3) is 16.7 Å². The number of ether oxygens (including phenoxy) is 1. The van der Waals surface area contributed by atoms with Crippen LogP contribution in [0.4, 0.5) is 19.1 Å². The van der Waals surface area contributed by atoms with Gasteiger partial charge in [-0.05, 0) is 38.7 Å². The molecule has 1 unspecified atom stereocenters. The number of hydrogen-bond donors (Lipinski definition) is 0. The third-order valence-electron chi connectivity index (χ3n) is 6.55. The van der Waals surface area contributed by atoms with Crippen LogP contribution in [0, 0.1) is 19.8 Å². The van der Waals surface area contributed by atoms with Gasteiger partial charge in [0.05, 0.1) is 42.3 Å². The number of morpholine rings is 1. The molecule has 1 aliphatic carbocycles. The molecule has 2 aliphatic rings. The minimum absolute atomic E-state index is 0.0368. The number of anilines is 1. The van der Waals surface area contributed by atoms with Crippen molar-refractivity contribution in [3.8, 4) is 0 Å². The van der Waals surface area contributed by atoms with E-state index in [0.717, 1.165) is 22.5 Å². The molecule has 0 radical (unpaired) electrons. The summed E-state index contributed by atoms with van der Waals surface area (Å²) in [6, 6.07) is 0. The van der Waals surface area contributed by atoms with E-state index in [1.165, 1.54) is 0 Å². The molecule has 0 saturated carbocycles. The third-order valence-corrected chi connectivity index (χ3v) is 6.55. The van der Waals surface area contributed by atoms with Gasteiger partial charge in [-0.3, -0.25) is 4.68 Å². The van der Waals surface area contributed by atoms with Gasteiger partial charge in [0.1, 0.15) is 11.6 Å². The summed E-state index contributed by atoms with van der Waals surface area (Å²) in [6.45, 7) is 5.34. The van der Waals surface area contributed by atoms with E-state index in [9.17, 15) is 13.2 Å². The van der Waals surface area contributed by atoms with Crippen LogP contribution in [0.1, 0.15) is 48.0 Å². The predicted molar refractivity (Wildman–Crippen MR) is 120 cm³/mol. The van der Waals surface area contributed by atoms with E-state index < -0.39 is 12.1 Å². The first kappa shape index (κ1) is 22.7. The lowest BCUT2D eigenvalue weighted by atomic mass is 9.87. The standard InChI is InChI=1S/C23H26F3N7O/c1-13-14(2)29-21-20(28-13)19(15-4-6-17(7-5-15)23(24,25)26)30-22(31-21)33-8-9-34-18(12-33)16-10-27-32(3)11-16/h4,10-11,17-18H,5-9,12H2,1-3H3/t17?,18-/m0/s1. The van der Waals surface area contributed by atoms with E-state index in [1.54, 1.807) is 17.0 Å². The summed E-state index contributed by atoms with van der Waals surface area (Å²) < 4.78 is 47.3. The number of alkyl halides is 3. The van der Waals surface area contributed by atoms with E-state index in [0.29, 0.717) is 42.5 Å². The fraction of sp³-hybridized carbons (Fsp3) is 0.522. The molecule has 0 spiro atoms. The third kappa shape index (κ3) is 4.36. The van der Waals surface area contributed by atoms with Gasteiger partial charge in [-0.1, -0.05) is 6.08 Å². The van der Waals surface area contributed by atoms with Gasteiger partial charge < -0.3 is 9.64 Å². The van der Waals surface area contributed by atoms with Crippen LogP contribution >= 0.6 is 0 Å². The monoisotopic (exact) mass is 473 g/mol. The molecule has 3 aromatic rings. The lowest BCUT2D eigenvalue weighted by Gasteiger charge is -2.33. The Morgan fingerprint density at radius 2 is 1.88 bits per heavy atom. The lowest BCUT2D eigenvalue weighted by Crippen LogP contribution is -2.39. The second kappa shape index (κ2) is 8.61. The summed E-state index contributed by atoms with van der Waals surface area (Å²) in [5.41, 5.74) is 4.79. The molecule has 3 aromatic heterocycles. The molecule has 0 aromatic carbocycles. The van der Waals surface area contributed by atoms with Crippen molar-refractivity contribution in [1.82, 2.24) is 29.7 Å². The van der Waals surface area contributed by atoms with Crippen LogP contribution in [0.15, 0.2) is 18.5 Å².